The van der Waals surface area contributed by atoms with Gasteiger partial charge < -0.3 is 24.3 Å². The highest BCUT2D eigenvalue weighted by Gasteiger charge is 2.18. The van der Waals surface area contributed by atoms with E-state index in [2.05, 4.69) is 5.32 Å². The third-order valence-electron chi connectivity index (χ3n) is 3.24. The number of carbonyl (C=O) groups excluding carboxylic acids is 2. The molecule has 23 heavy (non-hydrogen) atoms. The van der Waals surface area contributed by atoms with Crippen molar-refractivity contribution >= 4 is 11.9 Å². The van der Waals surface area contributed by atoms with Gasteiger partial charge in [-0.2, -0.15) is 0 Å². The van der Waals surface area contributed by atoms with Crippen molar-refractivity contribution in [2.45, 2.75) is 19.4 Å². The standard InChI is InChI=1S/C16H21NO6/c1-11(16(19)17-5-6-20-2)23-15(18)10-12-3-4-13-14(9-12)22-8-7-21-13/h3-4,9,11H,5-8,10H2,1-2H3,(H,17,19)/t11-/m1/s1. The Kier molecular flexibility index (Phi) is 6.22. The highest BCUT2D eigenvalue weighted by molar-refractivity contribution is 5.83. The SMILES string of the molecule is COCCNC(=O)[C@@H](C)OC(=O)Cc1ccc2c(c1)OCCO2. The fourth-order valence-corrected chi connectivity index (χ4v) is 2.08. The number of hydrogen-bond acceptors (Lipinski definition) is 6. The van der Waals surface area contributed by atoms with Gasteiger partial charge in [-0.05, 0) is 24.6 Å². The monoisotopic (exact) mass is 323 g/mol. The maximum absolute atomic E-state index is 11.9. The smallest absolute Gasteiger partial charge is 0.311 e. The highest BCUT2D eigenvalue weighted by atomic mass is 16.6. The molecule has 1 aliphatic heterocycles. The molecule has 0 bridgehead atoms. The summed E-state index contributed by atoms with van der Waals surface area (Å²) >= 11 is 0. The molecule has 1 N–H and O–H groups in total. The van der Waals surface area contributed by atoms with Crippen LogP contribution >= 0.6 is 0 Å². The molecule has 126 valence electrons. The van der Waals surface area contributed by atoms with E-state index in [4.69, 9.17) is 18.9 Å². The molecule has 0 radical (unpaired) electrons. The lowest BCUT2D eigenvalue weighted by molar-refractivity contribution is -0.154. The molecule has 1 aromatic rings. The van der Waals surface area contributed by atoms with E-state index in [-0.39, 0.29) is 12.3 Å². The first-order valence-electron chi connectivity index (χ1n) is 7.45. The number of rotatable bonds is 7. The number of fused-ring (bicyclic) bond motifs is 1. The average Bonchev–Trinajstić information content (AvgIpc) is 2.54. The number of ether oxygens (including phenoxy) is 4. The van der Waals surface area contributed by atoms with Crippen LogP contribution in [0, 0.1) is 0 Å². The van der Waals surface area contributed by atoms with Crippen molar-refractivity contribution in [3.8, 4) is 11.5 Å². The molecule has 1 atom stereocenters. The lowest BCUT2D eigenvalue weighted by Gasteiger charge is -2.19. The quantitative estimate of drug-likeness (QED) is 0.587. The molecular weight excluding hydrogens is 302 g/mol. The Morgan fingerprint density at radius 1 is 1.26 bits per heavy atom. The minimum atomic E-state index is -0.850. The van der Waals surface area contributed by atoms with E-state index < -0.39 is 12.1 Å². The number of benzene rings is 1. The van der Waals surface area contributed by atoms with Crippen LogP contribution in [0.5, 0.6) is 11.5 Å². The van der Waals surface area contributed by atoms with E-state index in [1.807, 2.05) is 0 Å². The molecule has 0 saturated carbocycles. The maximum Gasteiger partial charge on any atom is 0.311 e. The summed E-state index contributed by atoms with van der Waals surface area (Å²) in [7, 11) is 1.54. The summed E-state index contributed by atoms with van der Waals surface area (Å²) in [5.41, 5.74) is 0.742. The molecule has 7 heteroatoms. The Morgan fingerprint density at radius 2 is 2.00 bits per heavy atom. The Labute approximate surface area is 134 Å². The minimum absolute atomic E-state index is 0.0618. The van der Waals surface area contributed by atoms with Gasteiger partial charge in [0.15, 0.2) is 17.6 Å². The number of esters is 1. The van der Waals surface area contributed by atoms with Gasteiger partial charge in [-0.3, -0.25) is 9.59 Å². The first kappa shape index (κ1) is 17.1. The summed E-state index contributed by atoms with van der Waals surface area (Å²) in [6, 6.07) is 5.29. The Balaban J connectivity index is 1.83. The molecule has 0 unspecified atom stereocenters. The predicted octanol–water partition coefficient (Wildman–Crippen LogP) is 0.695. The number of methoxy groups -OCH3 is 1. The van der Waals surface area contributed by atoms with Gasteiger partial charge in [0.1, 0.15) is 13.2 Å². The van der Waals surface area contributed by atoms with Crippen LogP contribution in [-0.2, 0) is 25.5 Å². The topological polar surface area (TPSA) is 83.1 Å². The van der Waals surface area contributed by atoms with Crippen molar-refractivity contribution in [1.29, 1.82) is 0 Å². The second-order valence-corrected chi connectivity index (χ2v) is 5.07. The molecular formula is C16H21NO6. The molecule has 0 fully saturated rings. The van der Waals surface area contributed by atoms with Gasteiger partial charge >= 0.3 is 5.97 Å². The lowest BCUT2D eigenvalue weighted by atomic mass is 10.1. The molecule has 1 aromatic carbocycles. The predicted molar refractivity (Wildman–Crippen MR) is 81.6 cm³/mol. The van der Waals surface area contributed by atoms with Crippen LogP contribution in [0.3, 0.4) is 0 Å². The van der Waals surface area contributed by atoms with Gasteiger partial charge in [-0.1, -0.05) is 6.07 Å². The summed E-state index contributed by atoms with van der Waals surface area (Å²) in [5.74, 6) is 0.458. The first-order valence-corrected chi connectivity index (χ1v) is 7.45. The second kappa shape index (κ2) is 8.38. The molecule has 1 aliphatic rings. The molecule has 1 amide bonds. The van der Waals surface area contributed by atoms with Crippen molar-refractivity contribution < 1.29 is 28.5 Å². The third-order valence-corrected chi connectivity index (χ3v) is 3.24. The maximum atomic E-state index is 11.9. The van der Waals surface area contributed by atoms with Gasteiger partial charge in [-0.25, -0.2) is 0 Å². The summed E-state index contributed by atoms with van der Waals surface area (Å²) in [6.07, 6.45) is -0.789. The van der Waals surface area contributed by atoms with Gasteiger partial charge in [0.25, 0.3) is 5.91 Å². The van der Waals surface area contributed by atoms with E-state index in [0.717, 1.165) is 5.56 Å². The molecule has 2 rings (SSSR count). The van der Waals surface area contributed by atoms with Crippen molar-refractivity contribution in [3.63, 3.8) is 0 Å². The van der Waals surface area contributed by atoms with Gasteiger partial charge in [0, 0.05) is 13.7 Å². The molecule has 0 aromatic heterocycles. The van der Waals surface area contributed by atoms with Crippen molar-refractivity contribution in [2.24, 2.45) is 0 Å². The van der Waals surface area contributed by atoms with E-state index in [0.29, 0.717) is 37.9 Å². The summed E-state index contributed by atoms with van der Waals surface area (Å²) in [5, 5.41) is 2.62. The van der Waals surface area contributed by atoms with Gasteiger partial charge in [0.05, 0.1) is 13.0 Å². The highest BCUT2D eigenvalue weighted by Crippen LogP contribution is 2.30. The fraction of sp³-hybridized carbons (Fsp3) is 0.500. The van der Waals surface area contributed by atoms with Crippen LogP contribution in [-0.4, -0.2) is 51.5 Å². The van der Waals surface area contributed by atoms with Crippen LogP contribution in [0.4, 0.5) is 0 Å². The van der Waals surface area contributed by atoms with Crippen LogP contribution in [0.15, 0.2) is 18.2 Å². The Bertz CT molecular complexity index is 560. The molecule has 0 spiro atoms. The van der Waals surface area contributed by atoms with Crippen molar-refractivity contribution in [1.82, 2.24) is 5.32 Å². The normalized spacial score (nSPS) is 14.0. The van der Waals surface area contributed by atoms with E-state index in [1.165, 1.54) is 6.92 Å². The van der Waals surface area contributed by atoms with Gasteiger partial charge in [-0.15, -0.1) is 0 Å². The fourth-order valence-electron chi connectivity index (χ4n) is 2.08. The van der Waals surface area contributed by atoms with Crippen molar-refractivity contribution in [2.75, 3.05) is 33.5 Å². The molecule has 7 nitrogen and oxygen atoms in total. The van der Waals surface area contributed by atoms with Crippen LogP contribution in [0.1, 0.15) is 12.5 Å². The number of hydrogen-bond donors (Lipinski definition) is 1. The zero-order valence-electron chi connectivity index (χ0n) is 13.3. The van der Waals surface area contributed by atoms with Crippen LogP contribution < -0.4 is 14.8 Å². The molecule has 0 aliphatic carbocycles. The lowest BCUT2D eigenvalue weighted by Crippen LogP contribution is -2.37. The largest absolute Gasteiger partial charge is 0.486 e. The van der Waals surface area contributed by atoms with E-state index in [1.54, 1.807) is 25.3 Å². The Hall–Kier alpha value is -2.28. The third kappa shape index (κ3) is 5.14. The second-order valence-electron chi connectivity index (χ2n) is 5.07. The zero-order chi connectivity index (χ0) is 16.7. The van der Waals surface area contributed by atoms with Crippen LogP contribution in [0.2, 0.25) is 0 Å². The summed E-state index contributed by atoms with van der Waals surface area (Å²) < 4.78 is 20.8. The van der Waals surface area contributed by atoms with Gasteiger partial charge in [0.2, 0.25) is 0 Å². The number of nitrogens with one attached hydrogen (secondary N) is 1. The number of amides is 1. The van der Waals surface area contributed by atoms with E-state index in [9.17, 15) is 9.59 Å². The average molecular weight is 323 g/mol. The molecule has 0 saturated heterocycles. The first-order chi connectivity index (χ1) is 11.1. The minimum Gasteiger partial charge on any atom is -0.486 e. The summed E-state index contributed by atoms with van der Waals surface area (Å²) in [4.78, 5) is 23.6. The Morgan fingerprint density at radius 3 is 2.74 bits per heavy atom. The van der Waals surface area contributed by atoms with Crippen molar-refractivity contribution in [3.05, 3.63) is 23.8 Å². The van der Waals surface area contributed by atoms with Crippen LogP contribution in [0.25, 0.3) is 0 Å². The number of carbonyl (C=O) groups is 2. The zero-order valence-corrected chi connectivity index (χ0v) is 13.3. The summed E-state index contributed by atoms with van der Waals surface area (Å²) in [6.45, 7) is 3.32. The molecule has 1 heterocycles. The van der Waals surface area contributed by atoms with E-state index >= 15 is 0 Å².